The fraction of sp³-hybridized carbons (Fsp3) is 0.143. The Hall–Kier alpha value is -1.05. The van der Waals surface area contributed by atoms with Crippen molar-refractivity contribution >= 4 is 33.0 Å². The summed E-state index contributed by atoms with van der Waals surface area (Å²) in [7, 11) is 8.39. The van der Waals surface area contributed by atoms with Crippen LogP contribution in [0.15, 0.2) is 60.7 Å². The SMILES string of the molecule is Cc1cc(-c2cc(CP)cc(CP)c2)ccc1-c1ccc(P)cc1. The third kappa shape index (κ3) is 3.95. The Morgan fingerprint density at radius 1 is 0.667 bits per heavy atom. The van der Waals surface area contributed by atoms with Crippen LogP contribution in [0.1, 0.15) is 16.7 Å². The van der Waals surface area contributed by atoms with Gasteiger partial charge in [-0.2, -0.15) is 0 Å². The molecule has 24 heavy (non-hydrogen) atoms. The van der Waals surface area contributed by atoms with E-state index < -0.39 is 0 Å². The highest BCUT2D eigenvalue weighted by molar-refractivity contribution is 7.27. The van der Waals surface area contributed by atoms with Crippen LogP contribution in [0.4, 0.5) is 0 Å². The summed E-state index contributed by atoms with van der Waals surface area (Å²) in [5, 5.41) is 1.22. The first-order chi connectivity index (χ1) is 11.6. The first kappa shape index (κ1) is 17.8. The Morgan fingerprint density at radius 3 is 1.79 bits per heavy atom. The molecule has 3 rings (SSSR count). The molecule has 0 saturated carbocycles. The van der Waals surface area contributed by atoms with Crippen molar-refractivity contribution in [2.24, 2.45) is 0 Å². The van der Waals surface area contributed by atoms with Crippen molar-refractivity contribution in [3.8, 4) is 22.3 Å². The molecule has 3 heteroatoms. The number of rotatable bonds is 4. The maximum absolute atomic E-state index is 2.82. The Kier molecular flexibility index (Phi) is 5.84. The van der Waals surface area contributed by atoms with E-state index in [9.17, 15) is 0 Å². The summed E-state index contributed by atoms with van der Waals surface area (Å²) >= 11 is 0. The van der Waals surface area contributed by atoms with E-state index in [2.05, 4.69) is 95.3 Å². The number of benzene rings is 3. The Balaban J connectivity index is 2.02. The van der Waals surface area contributed by atoms with Crippen molar-refractivity contribution in [1.82, 2.24) is 0 Å². The van der Waals surface area contributed by atoms with Gasteiger partial charge in [0.15, 0.2) is 0 Å². The van der Waals surface area contributed by atoms with E-state index in [1.54, 1.807) is 0 Å². The highest BCUT2D eigenvalue weighted by Crippen LogP contribution is 2.30. The average molecular weight is 368 g/mol. The molecule has 0 aromatic heterocycles. The molecule has 0 nitrogen and oxygen atoms in total. The van der Waals surface area contributed by atoms with Gasteiger partial charge in [-0.15, -0.1) is 27.7 Å². The number of hydrogen-bond donors (Lipinski definition) is 0. The second kappa shape index (κ2) is 7.89. The van der Waals surface area contributed by atoms with Crippen molar-refractivity contribution < 1.29 is 0 Å². The van der Waals surface area contributed by atoms with Crippen molar-refractivity contribution in [2.75, 3.05) is 0 Å². The second-order valence-corrected chi connectivity index (χ2v) is 7.58. The summed E-state index contributed by atoms with van der Waals surface area (Å²) in [6.45, 7) is 2.20. The van der Waals surface area contributed by atoms with Crippen LogP contribution < -0.4 is 5.30 Å². The molecule has 0 bridgehead atoms. The molecule has 0 saturated heterocycles. The normalized spacial score (nSPS) is 10.8. The quantitative estimate of drug-likeness (QED) is 0.528. The lowest BCUT2D eigenvalue weighted by Crippen LogP contribution is -1.91. The molecule has 122 valence electrons. The molecule has 0 aliphatic heterocycles. The highest BCUT2D eigenvalue weighted by Gasteiger charge is 2.06. The second-order valence-electron chi connectivity index (χ2n) is 6.10. The molecule has 0 amide bonds. The molecule has 3 aromatic rings. The monoisotopic (exact) mass is 368 g/mol. The van der Waals surface area contributed by atoms with Gasteiger partial charge in [0, 0.05) is 0 Å². The largest absolute Gasteiger partial charge is 0.133 e. The lowest BCUT2D eigenvalue weighted by Gasteiger charge is -2.12. The fourth-order valence-corrected chi connectivity index (χ4v) is 3.66. The van der Waals surface area contributed by atoms with E-state index in [0.717, 1.165) is 12.3 Å². The molecule has 0 aliphatic rings. The van der Waals surface area contributed by atoms with Gasteiger partial charge in [0.25, 0.3) is 0 Å². The molecule has 0 fully saturated rings. The van der Waals surface area contributed by atoms with Gasteiger partial charge >= 0.3 is 0 Å². The van der Waals surface area contributed by atoms with Gasteiger partial charge in [0.05, 0.1) is 0 Å². The smallest absolute Gasteiger partial charge is 0.0128 e. The summed E-state index contributed by atoms with van der Waals surface area (Å²) in [5.74, 6) is 0. The van der Waals surface area contributed by atoms with Gasteiger partial charge in [-0.1, -0.05) is 60.7 Å². The number of hydrogen-bond acceptors (Lipinski definition) is 0. The van der Waals surface area contributed by atoms with Crippen LogP contribution in [0.3, 0.4) is 0 Å². The van der Waals surface area contributed by atoms with Crippen LogP contribution >= 0.6 is 27.7 Å². The minimum Gasteiger partial charge on any atom is -0.133 e. The van der Waals surface area contributed by atoms with Crippen LogP contribution in [0, 0.1) is 6.92 Å². The third-order valence-corrected chi connectivity index (χ3v) is 5.63. The van der Waals surface area contributed by atoms with Gasteiger partial charge < -0.3 is 0 Å². The first-order valence-corrected chi connectivity index (χ1v) is 10.3. The zero-order valence-corrected chi connectivity index (χ0v) is 17.4. The molecule has 0 aliphatic carbocycles. The minimum atomic E-state index is 0.990. The van der Waals surface area contributed by atoms with Gasteiger partial charge in [0.1, 0.15) is 0 Å². The van der Waals surface area contributed by atoms with Crippen molar-refractivity contribution in [2.45, 2.75) is 19.2 Å². The molecule has 0 spiro atoms. The molecule has 3 aromatic carbocycles. The van der Waals surface area contributed by atoms with Crippen LogP contribution in [0.2, 0.25) is 0 Å². The maximum Gasteiger partial charge on any atom is -0.0128 e. The molecule has 0 radical (unpaired) electrons. The van der Waals surface area contributed by atoms with E-state index in [-0.39, 0.29) is 0 Å². The summed E-state index contributed by atoms with van der Waals surface area (Å²) in [6, 6.07) is 22.3. The predicted molar refractivity (Wildman–Crippen MR) is 118 cm³/mol. The summed E-state index contributed by atoms with van der Waals surface area (Å²) in [6.07, 6.45) is 1.98. The fourth-order valence-electron chi connectivity index (χ4n) is 2.99. The van der Waals surface area contributed by atoms with Gasteiger partial charge in [-0.25, -0.2) is 0 Å². The van der Waals surface area contributed by atoms with Crippen LogP contribution in [-0.4, -0.2) is 0 Å². The minimum absolute atomic E-state index is 0.990. The molecular weight excluding hydrogens is 345 g/mol. The molecule has 3 atom stereocenters. The van der Waals surface area contributed by atoms with Crippen LogP contribution in [0.25, 0.3) is 22.3 Å². The van der Waals surface area contributed by atoms with Crippen molar-refractivity contribution in [3.63, 3.8) is 0 Å². The van der Waals surface area contributed by atoms with E-state index in [1.165, 1.54) is 44.2 Å². The summed E-state index contributed by atoms with van der Waals surface area (Å²) in [5.41, 5.74) is 9.22. The maximum atomic E-state index is 2.82. The van der Waals surface area contributed by atoms with E-state index in [1.807, 2.05) is 0 Å². The van der Waals surface area contributed by atoms with Crippen LogP contribution in [-0.2, 0) is 12.3 Å². The standard InChI is InChI=1S/C21H23P3/c1-14-8-18(19-10-15(12-22)9-16(11-19)13-23)4-7-21(14)17-2-5-20(24)6-3-17/h2-11H,12-13,22-24H2,1H3. The third-order valence-electron chi connectivity index (χ3n) is 4.31. The van der Waals surface area contributed by atoms with Crippen molar-refractivity contribution in [1.29, 1.82) is 0 Å². The van der Waals surface area contributed by atoms with E-state index in [0.29, 0.717) is 0 Å². The van der Waals surface area contributed by atoms with Crippen molar-refractivity contribution in [3.05, 3.63) is 77.4 Å². The van der Waals surface area contributed by atoms with Crippen LogP contribution in [0.5, 0.6) is 0 Å². The number of aryl methyl sites for hydroxylation is 1. The lowest BCUT2D eigenvalue weighted by atomic mass is 9.94. The predicted octanol–water partition coefficient (Wildman–Crippen LogP) is 5.58. The molecule has 0 N–H and O–H groups in total. The zero-order valence-electron chi connectivity index (χ0n) is 13.9. The topological polar surface area (TPSA) is 0 Å². The Morgan fingerprint density at radius 2 is 1.25 bits per heavy atom. The average Bonchev–Trinajstić information content (AvgIpc) is 2.62. The van der Waals surface area contributed by atoms with Gasteiger partial charge in [0.2, 0.25) is 0 Å². The Bertz CT molecular complexity index is 829. The van der Waals surface area contributed by atoms with Gasteiger partial charge in [-0.05, 0) is 63.5 Å². The molecular formula is C21H23P3. The Labute approximate surface area is 152 Å². The molecule has 3 unspecified atom stereocenters. The van der Waals surface area contributed by atoms with E-state index in [4.69, 9.17) is 0 Å². The molecule has 0 heterocycles. The highest BCUT2D eigenvalue weighted by atomic mass is 31.0. The zero-order chi connectivity index (χ0) is 17.1. The summed E-state index contributed by atoms with van der Waals surface area (Å²) < 4.78 is 0. The first-order valence-electron chi connectivity index (χ1n) is 8.10. The van der Waals surface area contributed by atoms with E-state index >= 15 is 0 Å². The van der Waals surface area contributed by atoms with Gasteiger partial charge in [-0.3, -0.25) is 0 Å². The summed E-state index contributed by atoms with van der Waals surface area (Å²) in [4.78, 5) is 0. The lowest BCUT2D eigenvalue weighted by molar-refractivity contribution is 1.33.